The van der Waals surface area contributed by atoms with Gasteiger partial charge in [-0.05, 0) is 47.5 Å². The smallest absolute Gasteiger partial charge is 0.109 e. The highest BCUT2D eigenvalue weighted by Gasteiger charge is 2.47. The third-order valence-electron chi connectivity index (χ3n) is 7.55. The van der Waals surface area contributed by atoms with E-state index in [1.54, 1.807) is 0 Å². The number of hydrogen-bond donors (Lipinski definition) is 2. The average Bonchev–Trinajstić information content (AvgIpc) is 3.25. The zero-order valence-electron chi connectivity index (χ0n) is 21.4. The standard InChI is InChI=1S/C30H35Cl2N3O3/c31-24-11-9-22(10-12-24)18-33(19-23-5-4-6-25(32)17-23)20-27-29(30(37)28(21-36)38-27)35-15-13-34(14-16-35)26-7-2-1-3-8-26/h1-12,17,27-30,36-37H,13-16,18-21H2/t27-,28+,29+,30-/m1/s1. The van der Waals surface area contributed by atoms with Gasteiger partial charge in [0.2, 0.25) is 0 Å². The topological polar surface area (TPSA) is 59.4 Å². The van der Waals surface area contributed by atoms with E-state index >= 15 is 0 Å². The molecule has 6 nitrogen and oxygen atoms in total. The maximum absolute atomic E-state index is 11.2. The molecule has 2 saturated heterocycles. The second-order valence-electron chi connectivity index (χ2n) is 10.2. The van der Waals surface area contributed by atoms with Crippen molar-refractivity contribution in [3.8, 4) is 0 Å². The van der Waals surface area contributed by atoms with Crippen molar-refractivity contribution in [3.63, 3.8) is 0 Å². The van der Waals surface area contributed by atoms with Crippen LogP contribution in [0, 0.1) is 0 Å². The largest absolute Gasteiger partial charge is 0.394 e. The summed E-state index contributed by atoms with van der Waals surface area (Å²) in [4.78, 5) is 7.03. The Bertz CT molecular complexity index is 1160. The highest BCUT2D eigenvalue weighted by Crippen LogP contribution is 2.29. The lowest BCUT2D eigenvalue weighted by Crippen LogP contribution is -2.57. The number of halogens is 2. The van der Waals surface area contributed by atoms with E-state index in [0.29, 0.717) is 29.7 Å². The van der Waals surface area contributed by atoms with Crippen molar-refractivity contribution >= 4 is 28.9 Å². The Balaban J connectivity index is 1.33. The molecule has 0 bridgehead atoms. The fourth-order valence-electron chi connectivity index (χ4n) is 5.68. The number of aliphatic hydroxyl groups excluding tert-OH is 2. The Labute approximate surface area is 235 Å². The molecule has 2 fully saturated rings. The van der Waals surface area contributed by atoms with Crippen molar-refractivity contribution in [3.05, 3.63) is 100 Å². The molecule has 0 aromatic heterocycles. The van der Waals surface area contributed by atoms with Crippen molar-refractivity contribution < 1.29 is 14.9 Å². The first-order valence-electron chi connectivity index (χ1n) is 13.2. The summed E-state index contributed by atoms with van der Waals surface area (Å²) in [5.41, 5.74) is 3.47. The summed E-state index contributed by atoms with van der Waals surface area (Å²) in [7, 11) is 0. The van der Waals surface area contributed by atoms with Crippen molar-refractivity contribution in [2.75, 3.05) is 44.2 Å². The van der Waals surface area contributed by atoms with E-state index in [0.717, 1.165) is 37.3 Å². The molecule has 38 heavy (non-hydrogen) atoms. The van der Waals surface area contributed by atoms with Crippen LogP contribution in [0.3, 0.4) is 0 Å². The van der Waals surface area contributed by atoms with Gasteiger partial charge in [-0.3, -0.25) is 9.80 Å². The quantitative estimate of drug-likeness (QED) is 0.410. The van der Waals surface area contributed by atoms with Crippen LogP contribution in [-0.4, -0.2) is 83.7 Å². The zero-order valence-corrected chi connectivity index (χ0v) is 22.9. The van der Waals surface area contributed by atoms with Crippen molar-refractivity contribution in [1.82, 2.24) is 9.80 Å². The van der Waals surface area contributed by atoms with Crippen LogP contribution in [-0.2, 0) is 17.8 Å². The minimum absolute atomic E-state index is 0.197. The average molecular weight is 557 g/mol. The third-order valence-corrected chi connectivity index (χ3v) is 8.04. The number of ether oxygens (including phenoxy) is 1. The van der Waals surface area contributed by atoms with Crippen LogP contribution in [0.2, 0.25) is 10.0 Å². The molecule has 3 aromatic carbocycles. The molecule has 4 atom stereocenters. The second kappa shape index (κ2) is 12.8. The van der Waals surface area contributed by atoms with Gasteiger partial charge in [0.1, 0.15) is 12.2 Å². The highest BCUT2D eigenvalue weighted by atomic mass is 35.5. The molecule has 2 heterocycles. The second-order valence-corrected chi connectivity index (χ2v) is 11.0. The molecule has 3 aromatic rings. The molecule has 5 rings (SSSR count). The minimum Gasteiger partial charge on any atom is -0.394 e. The Hall–Kier alpha value is -2.16. The lowest BCUT2D eigenvalue weighted by molar-refractivity contribution is -0.0325. The molecular formula is C30H35Cl2N3O3. The van der Waals surface area contributed by atoms with Crippen LogP contribution < -0.4 is 4.90 Å². The summed E-state index contributed by atoms with van der Waals surface area (Å²) in [5.74, 6) is 0. The summed E-state index contributed by atoms with van der Waals surface area (Å²) < 4.78 is 6.30. The summed E-state index contributed by atoms with van der Waals surface area (Å²) in [6.45, 7) is 5.16. The first kappa shape index (κ1) is 27.4. The van der Waals surface area contributed by atoms with E-state index in [4.69, 9.17) is 27.9 Å². The monoisotopic (exact) mass is 555 g/mol. The molecule has 0 saturated carbocycles. The van der Waals surface area contributed by atoms with Crippen molar-refractivity contribution in [2.24, 2.45) is 0 Å². The fourth-order valence-corrected chi connectivity index (χ4v) is 6.02. The lowest BCUT2D eigenvalue weighted by Gasteiger charge is -2.42. The van der Waals surface area contributed by atoms with Crippen LogP contribution in [0.25, 0.3) is 0 Å². The molecule has 8 heteroatoms. The molecule has 0 aliphatic carbocycles. The van der Waals surface area contributed by atoms with Gasteiger partial charge >= 0.3 is 0 Å². The van der Waals surface area contributed by atoms with Crippen LogP contribution in [0.1, 0.15) is 11.1 Å². The zero-order chi connectivity index (χ0) is 26.5. The number of benzene rings is 3. The summed E-state index contributed by atoms with van der Waals surface area (Å²) >= 11 is 12.4. The predicted molar refractivity (Wildman–Crippen MR) is 153 cm³/mol. The van der Waals surface area contributed by atoms with E-state index < -0.39 is 12.2 Å². The van der Waals surface area contributed by atoms with Crippen LogP contribution in [0.4, 0.5) is 5.69 Å². The molecule has 2 N–H and O–H groups in total. The first-order chi connectivity index (χ1) is 18.5. The van der Waals surface area contributed by atoms with Gasteiger partial charge in [0.05, 0.1) is 18.8 Å². The Morgan fingerprint density at radius 2 is 1.50 bits per heavy atom. The predicted octanol–water partition coefficient (Wildman–Crippen LogP) is 4.31. The van der Waals surface area contributed by atoms with E-state index in [-0.39, 0.29) is 18.8 Å². The van der Waals surface area contributed by atoms with Gasteiger partial charge in [0, 0.05) is 61.5 Å². The van der Waals surface area contributed by atoms with Crippen LogP contribution in [0.15, 0.2) is 78.9 Å². The molecule has 0 spiro atoms. The van der Waals surface area contributed by atoms with Crippen LogP contribution >= 0.6 is 23.2 Å². The number of piperazine rings is 1. The minimum atomic E-state index is -0.753. The van der Waals surface area contributed by atoms with Gasteiger partial charge in [-0.25, -0.2) is 0 Å². The molecule has 0 radical (unpaired) electrons. The van der Waals surface area contributed by atoms with E-state index in [1.165, 1.54) is 5.69 Å². The van der Waals surface area contributed by atoms with E-state index in [1.807, 2.05) is 48.5 Å². The summed E-state index contributed by atoms with van der Waals surface area (Å²) in [6, 6.07) is 26.0. The maximum Gasteiger partial charge on any atom is 0.109 e. The maximum atomic E-state index is 11.2. The van der Waals surface area contributed by atoms with Gasteiger partial charge in [-0.1, -0.05) is 65.7 Å². The normalized spacial score (nSPS) is 24.3. The molecule has 202 valence electrons. The van der Waals surface area contributed by atoms with Crippen molar-refractivity contribution in [1.29, 1.82) is 0 Å². The first-order valence-corrected chi connectivity index (χ1v) is 14.0. The molecular weight excluding hydrogens is 521 g/mol. The van der Waals surface area contributed by atoms with Gasteiger partial charge in [0.25, 0.3) is 0 Å². The van der Waals surface area contributed by atoms with Gasteiger partial charge in [0.15, 0.2) is 0 Å². The van der Waals surface area contributed by atoms with Crippen molar-refractivity contribution in [2.45, 2.75) is 37.4 Å². The van der Waals surface area contributed by atoms with E-state index in [9.17, 15) is 10.2 Å². The molecule has 0 unspecified atom stereocenters. The third kappa shape index (κ3) is 6.69. The Kier molecular flexibility index (Phi) is 9.23. The van der Waals surface area contributed by atoms with Gasteiger partial charge in [-0.15, -0.1) is 0 Å². The Morgan fingerprint density at radius 1 is 0.789 bits per heavy atom. The summed E-state index contributed by atoms with van der Waals surface area (Å²) in [6.07, 6.45) is -1.60. The van der Waals surface area contributed by atoms with Gasteiger partial charge < -0.3 is 19.8 Å². The van der Waals surface area contributed by atoms with E-state index in [2.05, 4.69) is 45.0 Å². The number of nitrogens with zero attached hydrogens (tertiary/aromatic N) is 3. The molecule has 2 aliphatic rings. The van der Waals surface area contributed by atoms with Crippen LogP contribution in [0.5, 0.6) is 0 Å². The summed E-state index contributed by atoms with van der Waals surface area (Å²) in [5, 5.41) is 22.6. The molecule has 0 amide bonds. The fraction of sp³-hybridized carbons (Fsp3) is 0.400. The number of para-hydroxylation sites is 1. The number of anilines is 1. The molecule has 2 aliphatic heterocycles. The van der Waals surface area contributed by atoms with Gasteiger partial charge in [-0.2, -0.15) is 0 Å². The number of aliphatic hydroxyl groups is 2. The Morgan fingerprint density at radius 3 is 2.18 bits per heavy atom. The number of hydrogen-bond acceptors (Lipinski definition) is 6. The highest BCUT2D eigenvalue weighted by molar-refractivity contribution is 6.30. The SMILES string of the molecule is OC[C@@H]1O[C@H](CN(Cc2ccc(Cl)cc2)Cc2cccc(Cl)c2)[C@H](N2CCN(c3ccccc3)CC2)[C@@H]1O. The lowest BCUT2D eigenvalue weighted by atomic mass is 10.0. The number of rotatable bonds is 9.